The molecule has 8 nitrogen and oxygen atoms in total. The van der Waals surface area contributed by atoms with Crippen LogP contribution in [0.2, 0.25) is 0 Å². The first-order chi connectivity index (χ1) is 9.70. The molecule has 0 amide bonds. The van der Waals surface area contributed by atoms with E-state index in [9.17, 15) is 21.6 Å². The number of rotatable bonds is 5. The molecule has 0 aromatic carbocycles. The third-order valence-corrected chi connectivity index (χ3v) is 6.30. The summed E-state index contributed by atoms with van der Waals surface area (Å²) in [6.45, 7) is 0.0982. The fraction of sp³-hybridized carbons (Fsp3) is 0.545. The molecule has 2 heterocycles. The topological polar surface area (TPSA) is 131 Å². The number of sulfone groups is 1. The van der Waals surface area contributed by atoms with Gasteiger partial charge in [-0.25, -0.2) is 26.4 Å². The number of aromatic carboxylic acids is 1. The number of carboxylic acid groups (broad SMARTS) is 1. The van der Waals surface area contributed by atoms with Crippen LogP contribution in [-0.4, -0.2) is 46.0 Å². The monoisotopic (exact) mass is 337 g/mol. The summed E-state index contributed by atoms with van der Waals surface area (Å²) in [7, 11) is -6.92. The van der Waals surface area contributed by atoms with E-state index in [1.165, 1.54) is 0 Å². The highest BCUT2D eigenvalue weighted by atomic mass is 32.2. The standard InChI is InChI=1S/C11H15NO7S2/c13-11(14)9-1-2-10(19-9)21(17,18)12-7-8-3-5-20(15,16)6-4-8/h1-2,8,12H,3-7H2,(H,13,14). The van der Waals surface area contributed by atoms with Gasteiger partial charge in [0.2, 0.25) is 10.9 Å². The first kappa shape index (κ1) is 16.0. The number of hydrogen-bond donors (Lipinski definition) is 2. The molecule has 21 heavy (non-hydrogen) atoms. The van der Waals surface area contributed by atoms with Gasteiger partial charge in [0.25, 0.3) is 10.0 Å². The minimum atomic E-state index is -3.93. The molecule has 10 heteroatoms. The van der Waals surface area contributed by atoms with Gasteiger partial charge in [0.15, 0.2) is 0 Å². The van der Waals surface area contributed by atoms with E-state index < -0.39 is 36.7 Å². The summed E-state index contributed by atoms with van der Waals surface area (Å²) in [5.74, 6) is -1.75. The molecule has 0 radical (unpaired) electrons. The van der Waals surface area contributed by atoms with Crippen molar-refractivity contribution in [1.82, 2.24) is 4.72 Å². The molecular formula is C11H15NO7S2. The number of hydrogen-bond acceptors (Lipinski definition) is 6. The van der Waals surface area contributed by atoms with Crippen molar-refractivity contribution in [2.45, 2.75) is 17.9 Å². The van der Waals surface area contributed by atoms with Gasteiger partial charge >= 0.3 is 5.97 Å². The molecule has 118 valence electrons. The second-order valence-corrected chi connectivity index (χ2v) is 8.87. The summed E-state index contributed by atoms with van der Waals surface area (Å²) in [4.78, 5) is 10.6. The molecule has 0 atom stereocenters. The van der Waals surface area contributed by atoms with Crippen molar-refractivity contribution in [3.8, 4) is 0 Å². The summed E-state index contributed by atoms with van der Waals surface area (Å²) < 4.78 is 53.4. The van der Waals surface area contributed by atoms with Crippen molar-refractivity contribution in [2.75, 3.05) is 18.1 Å². The highest BCUT2D eigenvalue weighted by Crippen LogP contribution is 2.19. The van der Waals surface area contributed by atoms with Crippen LogP contribution in [0.25, 0.3) is 0 Å². The maximum atomic E-state index is 11.9. The Balaban J connectivity index is 1.97. The van der Waals surface area contributed by atoms with Gasteiger partial charge in [0.1, 0.15) is 9.84 Å². The quantitative estimate of drug-likeness (QED) is 0.778. The average molecular weight is 337 g/mol. The van der Waals surface area contributed by atoms with Crippen LogP contribution < -0.4 is 4.72 Å². The molecule has 1 fully saturated rings. The zero-order chi connectivity index (χ0) is 15.7. The number of carboxylic acids is 1. The molecule has 1 aromatic heterocycles. The van der Waals surface area contributed by atoms with Crippen LogP contribution in [0.1, 0.15) is 23.4 Å². The molecule has 1 aliphatic rings. The highest BCUT2D eigenvalue weighted by Gasteiger charge is 2.26. The second kappa shape index (κ2) is 5.78. The van der Waals surface area contributed by atoms with Crippen molar-refractivity contribution >= 4 is 25.8 Å². The minimum absolute atomic E-state index is 0.0581. The van der Waals surface area contributed by atoms with Crippen LogP contribution >= 0.6 is 0 Å². The van der Waals surface area contributed by atoms with Gasteiger partial charge in [-0.15, -0.1) is 0 Å². The largest absolute Gasteiger partial charge is 0.475 e. The summed E-state index contributed by atoms with van der Waals surface area (Å²) in [6.07, 6.45) is 0.812. The highest BCUT2D eigenvalue weighted by molar-refractivity contribution is 7.91. The van der Waals surface area contributed by atoms with Crippen LogP contribution in [-0.2, 0) is 19.9 Å². The fourth-order valence-electron chi connectivity index (χ4n) is 2.02. The van der Waals surface area contributed by atoms with E-state index in [4.69, 9.17) is 9.52 Å². The van der Waals surface area contributed by atoms with Gasteiger partial charge in [-0.05, 0) is 30.9 Å². The number of nitrogens with one attached hydrogen (secondary N) is 1. The van der Waals surface area contributed by atoms with Crippen molar-refractivity contribution in [2.24, 2.45) is 5.92 Å². The first-order valence-corrected chi connectivity index (χ1v) is 9.53. The van der Waals surface area contributed by atoms with Gasteiger partial charge < -0.3 is 9.52 Å². The Labute approximate surface area is 122 Å². The number of sulfonamides is 1. The lowest BCUT2D eigenvalue weighted by Gasteiger charge is -2.21. The Kier molecular flexibility index (Phi) is 4.40. The van der Waals surface area contributed by atoms with Gasteiger partial charge in [-0.1, -0.05) is 0 Å². The third-order valence-electron chi connectivity index (χ3n) is 3.29. The van der Waals surface area contributed by atoms with E-state index in [0.29, 0.717) is 12.8 Å². The molecule has 1 aliphatic heterocycles. The molecule has 0 spiro atoms. The molecule has 0 unspecified atom stereocenters. The Bertz CT molecular complexity index is 718. The van der Waals surface area contributed by atoms with Crippen LogP contribution in [0.15, 0.2) is 21.6 Å². The lowest BCUT2D eigenvalue weighted by molar-refractivity contribution is 0.0656. The Morgan fingerprint density at radius 3 is 2.48 bits per heavy atom. The predicted molar refractivity (Wildman–Crippen MR) is 72.2 cm³/mol. The Hall–Kier alpha value is -1.39. The van der Waals surface area contributed by atoms with Crippen molar-refractivity contribution in [3.63, 3.8) is 0 Å². The molecule has 1 saturated heterocycles. The number of furan rings is 1. The third kappa shape index (κ3) is 4.05. The molecule has 0 bridgehead atoms. The average Bonchev–Trinajstić information content (AvgIpc) is 2.88. The van der Waals surface area contributed by atoms with E-state index in [-0.39, 0.29) is 24.0 Å². The second-order valence-electron chi connectivity index (χ2n) is 4.87. The van der Waals surface area contributed by atoms with E-state index in [1.54, 1.807) is 0 Å². The molecule has 0 aliphatic carbocycles. The molecular weight excluding hydrogens is 322 g/mol. The van der Waals surface area contributed by atoms with E-state index in [2.05, 4.69) is 4.72 Å². The lowest BCUT2D eigenvalue weighted by Crippen LogP contribution is -2.33. The van der Waals surface area contributed by atoms with Crippen LogP contribution in [0.4, 0.5) is 0 Å². The molecule has 0 saturated carbocycles. The zero-order valence-electron chi connectivity index (χ0n) is 11.0. The molecule has 2 N–H and O–H groups in total. The molecule has 2 rings (SSSR count). The van der Waals surface area contributed by atoms with Gasteiger partial charge in [0.05, 0.1) is 11.5 Å². The van der Waals surface area contributed by atoms with Crippen LogP contribution in [0.3, 0.4) is 0 Å². The van der Waals surface area contributed by atoms with E-state index >= 15 is 0 Å². The first-order valence-electron chi connectivity index (χ1n) is 6.23. The SMILES string of the molecule is O=C(O)c1ccc(S(=O)(=O)NCC2CCS(=O)(=O)CC2)o1. The van der Waals surface area contributed by atoms with Crippen LogP contribution in [0.5, 0.6) is 0 Å². The summed E-state index contributed by atoms with van der Waals surface area (Å²) >= 11 is 0. The normalized spacial score (nSPS) is 19.4. The van der Waals surface area contributed by atoms with Crippen molar-refractivity contribution < 1.29 is 31.2 Å². The summed E-state index contributed by atoms with van der Waals surface area (Å²) in [6, 6.07) is 2.13. The van der Waals surface area contributed by atoms with Gasteiger partial charge in [-0.3, -0.25) is 0 Å². The van der Waals surface area contributed by atoms with Crippen molar-refractivity contribution in [1.29, 1.82) is 0 Å². The number of carbonyl (C=O) groups is 1. The fourth-order valence-corrected chi connectivity index (χ4v) is 4.65. The smallest absolute Gasteiger partial charge is 0.371 e. The minimum Gasteiger partial charge on any atom is -0.475 e. The van der Waals surface area contributed by atoms with Gasteiger partial charge in [0, 0.05) is 6.54 Å². The zero-order valence-corrected chi connectivity index (χ0v) is 12.6. The molecule has 1 aromatic rings. The summed E-state index contributed by atoms with van der Waals surface area (Å²) in [5.41, 5.74) is 0. The maximum Gasteiger partial charge on any atom is 0.371 e. The van der Waals surface area contributed by atoms with E-state index in [0.717, 1.165) is 12.1 Å². The van der Waals surface area contributed by atoms with E-state index in [1.807, 2.05) is 0 Å². The predicted octanol–water partition coefficient (Wildman–Crippen LogP) is 0.0809. The van der Waals surface area contributed by atoms with Gasteiger partial charge in [-0.2, -0.15) is 0 Å². The summed E-state index contributed by atoms with van der Waals surface area (Å²) in [5, 5.41) is 8.21. The Morgan fingerprint density at radius 1 is 1.33 bits per heavy atom. The van der Waals surface area contributed by atoms with Crippen LogP contribution in [0, 0.1) is 5.92 Å². The Morgan fingerprint density at radius 2 is 1.95 bits per heavy atom. The van der Waals surface area contributed by atoms with Crippen molar-refractivity contribution in [3.05, 3.63) is 17.9 Å². The lowest BCUT2D eigenvalue weighted by atomic mass is 10.0. The maximum absolute atomic E-state index is 11.9.